The summed E-state index contributed by atoms with van der Waals surface area (Å²) in [5, 5.41) is 17.4. The molecule has 0 bridgehead atoms. The first kappa shape index (κ1) is 22.7. The Morgan fingerprint density at radius 2 is 1.97 bits per heavy atom. The Labute approximate surface area is 197 Å². The first-order chi connectivity index (χ1) is 15.1. The molecular formula is C22H28ClN7OS. The minimum atomic E-state index is 0. The lowest BCUT2D eigenvalue weighted by molar-refractivity contribution is -0.129. The summed E-state index contributed by atoms with van der Waals surface area (Å²) in [6.07, 6.45) is 8.90. The number of fused-ring (bicyclic) bond motifs is 1. The van der Waals surface area contributed by atoms with E-state index in [0.29, 0.717) is 5.92 Å². The van der Waals surface area contributed by atoms with Gasteiger partial charge in [-0.3, -0.25) is 9.78 Å². The molecule has 10 heteroatoms. The van der Waals surface area contributed by atoms with Gasteiger partial charge in [-0.05, 0) is 43.9 Å². The first-order valence-corrected chi connectivity index (χ1v) is 11.8. The summed E-state index contributed by atoms with van der Waals surface area (Å²) < 4.78 is 0. The lowest BCUT2D eigenvalue weighted by atomic mass is 10.1. The lowest BCUT2D eigenvalue weighted by Gasteiger charge is -2.33. The van der Waals surface area contributed by atoms with Gasteiger partial charge in [-0.25, -0.2) is 4.98 Å². The quantitative estimate of drug-likeness (QED) is 0.553. The van der Waals surface area contributed by atoms with E-state index in [0.717, 1.165) is 58.6 Å². The molecule has 1 aliphatic carbocycles. The van der Waals surface area contributed by atoms with Crippen LogP contribution in [0.15, 0.2) is 24.4 Å². The molecule has 170 valence electrons. The highest BCUT2D eigenvalue weighted by Gasteiger charge is 2.22. The molecule has 0 spiro atoms. The van der Waals surface area contributed by atoms with Crippen LogP contribution in [0.1, 0.15) is 56.4 Å². The predicted molar refractivity (Wildman–Crippen MR) is 130 cm³/mol. The zero-order chi connectivity index (χ0) is 21.2. The van der Waals surface area contributed by atoms with E-state index in [1.54, 1.807) is 18.3 Å². The van der Waals surface area contributed by atoms with Crippen LogP contribution in [0.5, 0.6) is 0 Å². The van der Waals surface area contributed by atoms with E-state index >= 15 is 0 Å². The van der Waals surface area contributed by atoms with Gasteiger partial charge in [-0.1, -0.05) is 24.2 Å². The van der Waals surface area contributed by atoms with Gasteiger partial charge in [-0.2, -0.15) is 0 Å². The maximum absolute atomic E-state index is 11.7. The third-order valence-corrected chi connectivity index (χ3v) is 7.16. The molecule has 1 saturated heterocycles. The van der Waals surface area contributed by atoms with Crippen LogP contribution in [-0.4, -0.2) is 50.1 Å². The third kappa shape index (κ3) is 5.10. The molecule has 3 aromatic heterocycles. The fourth-order valence-corrected chi connectivity index (χ4v) is 5.42. The summed E-state index contributed by atoms with van der Waals surface area (Å²) in [6, 6.07) is 6.13. The monoisotopic (exact) mass is 473 g/mol. The topological polar surface area (TPSA) is 95.9 Å². The highest BCUT2D eigenvalue weighted by molar-refractivity contribution is 7.15. The normalized spacial score (nSPS) is 19.0. The maximum atomic E-state index is 11.7. The van der Waals surface area contributed by atoms with Crippen LogP contribution in [0.4, 0.5) is 16.6 Å². The molecule has 1 amide bonds. The van der Waals surface area contributed by atoms with E-state index in [4.69, 9.17) is 4.98 Å². The van der Waals surface area contributed by atoms with E-state index in [2.05, 4.69) is 25.8 Å². The number of aromatic nitrogens is 4. The molecule has 3 aromatic rings. The van der Waals surface area contributed by atoms with Crippen molar-refractivity contribution in [2.75, 3.05) is 23.7 Å². The summed E-state index contributed by atoms with van der Waals surface area (Å²) >= 11 is 1.63. The highest BCUT2D eigenvalue weighted by atomic mass is 35.5. The lowest BCUT2D eigenvalue weighted by Crippen LogP contribution is -2.44. The standard InChI is InChI=1S/C22H27N7OS.ClH/c1-14(30)29-10-4-7-16(13-29)24-17-11-19-18(23-12-17)8-9-20(25-19)26-22-28-27-21(31-22)15-5-2-3-6-15;/h8-9,11-12,15-16,24H,2-7,10,13H2,1H3,(H,25,26,28);1H. The Balaban J connectivity index is 0.00000245. The number of amides is 1. The van der Waals surface area contributed by atoms with Gasteiger partial charge in [0.2, 0.25) is 11.0 Å². The first-order valence-electron chi connectivity index (χ1n) is 11.0. The minimum absolute atomic E-state index is 0. The van der Waals surface area contributed by atoms with E-state index in [1.807, 2.05) is 29.3 Å². The van der Waals surface area contributed by atoms with Crippen LogP contribution < -0.4 is 10.6 Å². The number of likely N-dealkylation sites (tertiary alicyclic amines) is 1. The number of nitrogens with zero attached hydrogens (tertiary/aromatic N) is 5. The van der Waals surface area contributed by atoms with Crippen molar-refractivity contribution in [2.45, 2.75) is 57.4 Å². The molecule has 0 radical (unpaired) electrons. The molecule has 1 unspecified atom stereocenters. The average molecular weight is 474 g/mol. The Bertz CT molecular complexity index is 1090. The van der Waals surface area contributed by atoms with Gasteiger partial charge in [0, 0.05) is 32.0 Å². The van der Waals surface area contributed by atoms with E-state index in [-0.39, 0.29) is 24.4 Å². The number of pyridine rings is 2. The van der Waals surface area contributed by atoms with E-state index in [1.165, 1.54) is 25.7 Å². The van der Waals surface area contributed by atoms with Gasteiger partial charge in [0.25, 0.3) is 0 Å². The summed E-state index contributed by atoms with van der Waals surface area (Å²) in [5.74, 6) is 1.43. The summed E-state index contributed by atoms with van der Waals surface area (Å²) in [5.41, 5.74) is 2.58. The van der Waals surface area contributed by atoms with Crippen LogP contribution in [0, 0.1) is 0 Å². The highest BCUT2D eigenvalue weighted by Crippen LogP contribution is 2.37. The number of piperidine rings is 1. The van der Waals surface area contributed by atoms with E-state index < -0.39 is 0 Å². The van der Waals surface area contributed by atoms with Gasteiger partial charge in [0.1, 0.15) is 10.8 Å². The van der Waals surface area contributed by atoms with Crippen molar-refractivity contribution in [2.24, 2.45) is 0 Å². The second-order valence-electron chi connectivity index (χ2n) is 8.46. The average Bonchev–Trinajstić information content (AvgIpc) is 3.46. The number of anilines is 3. The third-order valence-electron chi connectivity index (χ3n) is 6.15. The zero-order valence-corrected chi connectivity index (χ0v) is 19.7. The zero-order valence-electron chi connectivity index (χ0n) is 18.1. The fourth-order valence-electron chi connectivity index (χ4n) is 4.50. The molecule has 2 fully saturated rings. The van der Waals surface area contributed by atoms with Crippen LogP contribution in [0.25, 0.3) is 11.0 Å². The van der Waals surface area contributed by atoms with Crippen molar-refractivity contribution in [3.05, 3.63) is 29.4 Å². The van der Waals surface area contributed by atoms with Crippen molar-refractivity contribution in [1.82, 2.24) is 25.1 Å². The van der Waals surface area contributed by atoms with Crippen LogP contribution in [-0.2, 0) is 4.79 Å². The smallest absolute Gasteiger partial charge is 0.219 e. The number of rotatable bonds is 5. The van der Waals surface area contributed by atoms with Gasteiger partial charge in [0.15, 0.2) is 0 Å². The number of nitrogens with one attached hydrogen (secondary N) is 2. The molecule has 32 heavy (non-hydrogen) atoms. The maximum Gasteiger partial charge on any atom is 0.219 e. The molecule has 2 aliphatic rings. The largest absolute Gasteiger partial charge is 0.379 e. The number of carbonyl (C=O) groups excluding carboxylic acids is 1. The molecule has 5 rings (SSSR count). The summed E-state index contributed by atoms with van der Waals surface area (Å²) in [6.45, 7) is 3.20. The SMILES string of the molecule is CC(=O)N1CCCC(Nc2cnc3ccc(Nc4nnc(C5CCCC5)s4)nc3c2)C1.Cl. The second-order valence-corrected chi connectivity index (χ2v) is 9.47. The summed E-state index contributed by atoms with van der Waals surface area (Å²) in [4.78, 5) is 22.9. The van der Waals surface area contributed by atoms with Gasteiger partial charge >= 0.3 is 0 Å². The number of carbonyl (C=O) groups is 1. The van der Waals surface area contributed by atoms with E-state index in [9.17, 15) is 4.79 Å². The molecule has 1 aliphatic heterocycles. The van der Waals surface area contributed by atoms with Crippen LogP contribution in [0.2, 0.25) is 0 Å². The molecule has 1 atom stereocenters. The van der Waals surface area contributed by atoms with Crippen molar-refractivity contribution in [3.8, 4) is 0 Å². The van der Waals surface area contributed by atoms with Crippen LogP contribution >= 0.6 is 23.7 Å². The number of hydrogen-bond donors (Lipinski definition) is 2. The Morgan fingerprint density at radius 1 is 1.12 bits per heavy atom. The number of halogens is 1. The molecule has 0 aromatic carbocycles. The second kappa shape index (κ2) is 9.95. The molecule has 8 nitrogen and oxygen atoms in total. The Hall–Kier alpha value is -2.52. The predicted octanol–water partition coefficient (Wildman–Crippen LogP) is 4.73. The van der Waals surface area contributed by atoms with Crippen molar-refractivity contribution in [1.29, 1.82) is 0 Å². The Morgan fingerprint density at radius 3 is 2.78 bits per heavy atom. The van der Waals surface area contributed by atoms with Crippen molar-refractivity contribution in [3.63, 3.8) is 0 Å². The van der Waals surface area contributed by atoms with Crippen molar-refractivity contribution >= 4 is 57.3 Å². The minimum Gasteiger partial charge on any atom is -0.379 e. The molecule has 4 heterocycles. The van der Waals surface area contributed by atoms with Gasteiger partial charge in [0.05, 0.1) is 22.9 Å². The fraction of sp³-hybridized carbons (Fsp3) is 0.500. The van der Waals surface area contributed by atoms with Crippen LogP contribution in [0.3, 0.4) is 0 Å². The summed E-state index contributed by atoms with van der Waals surface area (Å²) in [7, 11) is 0. The number of hydrogen-bond acceptors (Lipinski definition) is 8. The Kier molecular flexibility index (Phi) is 7.05. The van der Waals surface area contributed by atoms with Gasteiger partial charge < -0.3 is 15.5 Å². The van der Waals surface area contributed by atoms with Crippen molar-refractivity contribution < 1.29 is 4.79 Å². The van der Waals surface area contributed by atoms with Gasteiger partial charge in [-0.15, -0.1) is 22.6 Å². The molecular weight excluding hydrogens is 446 g/mol. The molecule has 2 N–H and O–H groups in total. The molecule has 1 saturated carbocycles.